The monoisotopic (exact) mass is 234 g/mol. The van der Waals surface area contributed by atoms with E-state index in [0.717, 1.165) is 0 Å². The second kappa shape index (κ2) is 6.05. The molecule has 0 saturated carbocycles. The van der Waals surface area contributed by atoms with Crippen LogP contribution in [0.1, 0.15) is 27.7 Å². The molecule has 1 heterocycles. The molecule has 0 bridgehead atoms. The first-order valence-corrected chi connectivity index (χ1v) is 7.17. The molecule has 1 rings (SSSR count). The molecule has 0 spiro atoms. The Labute approximate surface area is 94.2 Å². The van der Waals surface area contributed by atoms with Crippen molar-refractivity contribution in [3.8, 4) is 0 Å². The van der Waals surface area contributed by atoms with Gasteiger partial charge in [-0.2, -0.15) is 0 Å². The SMILES string of the molecule is CC(C)OC1C=CC(OC(C)C)SS1. The van der Waals surface area contributed by atoms with Crippen molar-refractivity contribution in [2.45, 2.75) is 50.8 Å². The van der Waals surface area contributed by atoms with E-state index in [4.69, 9.17) is 9.47 Å². The largest absolute Gasteiger partial charge is 0.360 e. The predicted octanol–water partition coefficient (Wildman–Crippen LogP) is 3.44. The zero-order chi connectivity index (χ0) is 10.6. The van der Waals surface area contributed by atoms with Crippen LogP contribution in [0.2, 0.25) is 0 Å². The highest BCUT2D eigenvalue weighted by Gasteiger charge is 2.19. The first kappa shape index (κ1) is 12.4. The summed E-state index contributed by atoms with van der Waals surface area (Å²) in [6.07, 6.45) is 4.71. The Balaban J connectivity index is 2.32. The van der Waals surface area contributed by atoms with Crippen LogP contribution in [-0.2, 0) is 9.47 Å². The molecule has 82 valence electrons. The lowest BCUT2D eigenvalue weighted by Crippen LogP contribution is -2.18. The third-order valence-electron chi connectivity index (χ3n) is 1.48. The molecule has 2 atom stereocenters. The molecule has 14 heavy (non-hydrogen) atoms. The summed E-state index contributed by atoms with van der Waals surface area (Å²) >= 11 is 0. The van der Waals surface area contributed by atoms with Gasteiger partial charge in [0.2, 0.25) is 0 Å². The van der Waals surface area contributed by atoms with E-state index >= 15 is 0 Å². The van der Waals surface area contributed by atoms with Gasteiger partial charge in [0.25, 0.3) is 0 Å². The molecule has 0 N–H and O–H groups in total. The van der Waals surface area contributed by atoms with Gasteiger partial charge in [-0.15, -0.1) is 0 Å². The van der Waals surface area contributed by atoms with E-state index in [2.05, 4.69) is 39.8 Å². The van der Waals surface area contributed by atoms with Crippen LogP contribution < -0.4 is 0 Å². The van der Waals surface area contributed by atoms with E-state index in [-0.39, 0.29) is 23.1 Å². The van der Waals surface area contributed by atoms with Gasteiger partial charge in [-0.1, -0.05) is 21.6 Å². The minimum Gasteiger partial charge on any atom is -0.360 e. The minimum atomic E-state index is 0.173. The summed E-state index contributed by atoms with van der Waals surface area (Å²) in [5, 5.41) is 0. The third-order valence-corrected chi connectivity index (χ3v) is 3.98. The van der Waals surface area contributed by atoms with Crippen LogP contribution in [0.3, 0.4) is 0 Å². The predicted molar refractivity (Wildman–Crippen MR) is 64.3 cm³/mol. The fourth-order valence-electron chi connectivity index (χ4n) is 1.03. The highest BCUT2D eigenvalue weighted by atomic mass is 33.1. The summed E-state index contributed by atoms with van der Waals surface area (Å²) in [6, 6.07) is 0. The fraction of sp³-hybridized carbons (Fsp3) is 0.800. The minimum absolute atomic E-state index is 0.173. The van der Waals surface area contributed by atoms with Gasteiger partial charge >= 0.3 is 0 Å². The number of hydrogen-bond acceptors (Lipinski definition) is 4. The highest BCUT2D eigenvalue weighted by Crippen LogP contribution is 2.38. The topological polar surface area (TPSA) is 18.5 Å². The molecule has 0 radical (unpaired) electrons. The Morgan fingerprint density at radius 1 is 0.857 bits per heavy atom. The number of hydrogen-bond donors (Lipinski definition) is 0. The van der Waals surface area contributed by atoms with Crippen molar-refractivity contribution >= 4 is 21.6 Å². The average Bonchev–Trinajstić information content (AvgIpc) is 2.06. The maximum absolute atomic E-state index is 5.64. The second-order valence-electron chi connectivity index (χ2n) is 3.68. The summed E-state index contributed by atoms with van der Waals surface area (Å²) in [7, 11) is 3.45. The third kappa shape index (κ3) is 4.73. The number of rotatable bonds is 4. The summed E-state index contributed by atoms with van der Waals surface area (Å²) < 4.78 is 11.3. The van der Waals surface area contributed by atoms with E-state index < -0.39 is 0 Å². The lowest BCUT2D eigenvalue weighted by molar-refractivity contribution is 0.0733. The van der Waals surface area contributed by atoms with Gasteiger partial charge in [0.1, 0.15) is 10.9 Å². The molecular formula is C10H18O2S2. The molecule has 2 nitrogen and oxygen atoms in total. The van der Waals surface area contributed by atoms with Gasteiger partial charge in [-0.3, -0.25) is 0 Å². The van der Waals surface area contributed by atoms with Gasteiger partial charge in [-0.25, -0.2) is 0 Å². The van der Waals surface area contributed by atoms with Crippen LogP contribution >= 0.6 is 21.6 Å². The van der Waals surface area contributed by atoms with Crippen molar-refractivity contribution in [2.24, 2.45) is 0 Å². The van der Waals surface area contributed by atoms with E-state index in [1.807, 2.05) is 0 Å². The maximum atomic E-state index is 5.64. The molecule has 0 amide bonds. The molecule has 0 aromatic carbocycles. The number of ether oxygens (including phenoxy) is 2. The second-order valence-corrected chi connectivity index (χ2v) is 6.15. The lowest BCUT2D eigenvalue weighted by Gasteiger charge is -2.24. The van der Waals surface area contributed by atoms with Crippen LogP contribution in [0.4, 0.5) is 0 Å². The van der Waals surface area contributed by atoms with E-state index in [0.29, 0.717) is 0 Å². The molecule has 0 saturated heterocycles. The molecular weight excluding hydrogens is 216 g/mol. The maximum Gasteiger partial charge on any atom is 0.131 e. The van der Waals surface area contributed by atoms with Gasteiger partial charge in [-0.05, 0) is 39.8 Å². The normalized spacial score (nSPS) is 27.6. The van der Waals surface area contributed by atoms with Crippen molar-refractivity contribution in [3.05, 3.63) is 12.2 Å². The Bertz CT molecular complexity index is 173. The molecule has 1 aliphatic heterocycles. The zero-order valence-electron chi connectivity index (χ0n) is 9.10. The Kier molecular flexibility index (Phi) is 5.38. The lowest BCUT2D eigenvalue weighted by atomic mass is 10.4. The molecule has 0 aromatic heterocycles. The van der Waals surface area contributed by atoms with Crippen molar-refractivity contribution in [3.63, 3.8) is 0 Å². The first-order chi connectivity index (χ1) is 6.58. The zero-order valence-corrected chi connectivity index (χ0v) is 10.7. The van der Waals surface area contributed by atoms with E-state index in [1.165, 1.54) is 0 Å². The summed E-state index contributed by atoms with van der Waals surface area (Å²) in [6.45, 7) is 8.21. The standard InChI is InChI=1S/C10H18O2S2/c1-7(2)11-9-5-6-10(14-13-9)12-8(3)4/h5-10H,1-4H3. The first-order valence-electron chi connectivity index (χ1n) is 4.89. The van der Waals surface area contributed by atoms with Gasteiger partial charge in [0, 0.05) is 0 Å². The molecule has 1 aliphatic rings. The molecule has 0 fully saturated rings. The van der Waals surface area contributed by atoms with Crippen molar-refractivity contribution in [2.75, 3.05) is 0 Å². The van der Waals surface area contributed by atoms with Crippen LogP contribution in [0.15, 0.2) is 12.2 Å². The summed E-state index contributed by atoms with van der Waals surface area (Å²) in [5.41, 5.74) is 0.346. The van der Waals surface area contributed by atoms with Gasteiger partial charge in [0.15, 0.2) is 0 Å². The molecule has 2 unspecified atom stereocenters. The van der Waals surface area contributed by atoms with Crippen LogP contribution in [0.5, 0.6) is 0 Å². The smallest absolute Gasteiger partial charge is 0.131 e. The van der Waals surface area contributed by atoms with Crippen LogP contribution in [-0.4, -0.2) is 23.1 Å². The quantitative estimate of drug-likeness (QED) is 0.547. The summed E-state index contributed by atoms with van der Waals surface area (Å²) in [4.78, 5) is 0. The summed E-state index contributed by atoms with van der Waals surface area (Å²) in [5.74, 6) is 0. The Morgan fingerprint density at radius 3 is 1.43 bits per heavy atom. The van der Waals surface area contributed by atoms with Gasteiger partial charge < -0.3 is 9.47 Å². The fourth-order valence-corrected chi connectivity index (χ4v) is 3.41. The van der Waals surface area contributed by atoms with Gasteiger partial charge in [0.05, 0.1) is 12.2 Å². The molecule has 0 aliphatic carbocycles. The van der Waals surface area contributed by atoms with Crippen molar-refractivity contribution < 1.29 is 9.47 Å². The van der Waals surface area contributed by atoms with Crippen LogP contribution in [0, 0.1) is 0 Å². The Hall–Kier alpha value is 0.360. The van der Waals surface area contributed by atoms with Crippen molar-refractivity contribution in [1.29, 1.82) is 0 Å². The average molecular weight is 234 g/mol. The van der Waals surface area contributed by atoms with E-state index in [1.54, 1.807) is 21.6 Å². The molecule has 0 aromatic rings. The highest BCUT2D eigenvalue weighted by molar-refractivity contribution is 8.77. The van der Waals surface area contributed by atoms with E-state index in [9.17, 15) is 0 Å². The van der Waals surface area contributed by atoms with Crippen molar-refractivity contribution in [1.82, 2.24) is 0 Å². The Morgan fingerprint density at radius 2 is 1.21 bits per heavy atom. The van der Waals surface area contributed by atoms with Crippen LogP contribution in [0.25, 0.3) is 0 Å². The molecule has 4 heteroatoms.